The summed E-state index contributed by atoms with van der Waals surface area (Å²) in [5, 5.41) is 0.564. The maximum atomic E-state index is 12.4. The second-order valence-electron chi connectivity index (χ2n) is 3.92. The SMILES string of the molecule is CN(C(=O)c1ccc(Cl)cc1Br)c1ccncc1N. The lowest BCUT2D eigenvalue weighted by atomic mass is 10.2. The lowest BCUT2D eigenvalue weighted by Crippen LogP contribution is -2.27. The summed E-state index contributed by atoms with van der Waals surface area (Å²) in [5.41, 5.74) is 7.39. The van der Waals surface area contributed by atoms with Gasteiger partial charge in [0, 0.05) is 22.7 Å². The normalized spacial score (nSPS) is 10.3. The van der Waals surface area contributed by atoms with E-state index in [1.165, 1.54) is 11.1 Å². The fraction of sp³-hybridized carbons (Fsp3) is 0.0769. The molecule has 0 aliphatic carbocycles. The predicted octanol–water partition coefficient (Wildman–Crippen LogP) is 3.36. The first-order valence-electron chi connectivity index (χ1n) is 5.43. The van der Waals surface area contributed by atoms with Crippen molar-refractivity contribution < 1.29 is 4.79 Å². The number of halogens is 2. The molecule has 1 aromatic carbocycles. The molecule has 0 aliphatic rings. The molecule has 0 fully saturated rings. The van der Waals surface area contributed by atoms with Gasteiger partial charge < -0.3 is 10.6 Å². The van der Waals surface area contributed by atoms with E-state index >= 15 is 0 Å². The van der Waals surface area contributed by atoms with Gasteiger partial charge in [0.15, 0.2) is 0 Å². The monoisotopic (exact) mass is 339 g/mol. The maximum Gasteiger partial charge on any atom is 0.259 e. The van der Waals surface area contributed by atoms with Gasteiger partial charge in [0.1, 0.15) is 0 Å². The number of carbonyl (C=O) groups excluding carboxylic acids is 1. The van der Waals surface area contributed by atoms with Gasteiger partial charge in [-0.3, -0.25) is 9.78 Å². The van der Waals surface area contributed by atoms with Crippen molar-refractivity contribution in [3.8, 4) is 0 Å². The lowest BCUT2D eigenvalue weighted by Gasteiger charge is -2.19. The van der Waals surface area contributed by atoms with Gasteiger partial charge >= 0.3 is 0 Å². The highest BCUT2D eigenvalue weighted by molar-refractivity contribution is 9.10. The minimum atomic E-state index is -0.179. The van der Waals surface area contributed by atoms with E-state index in [0.29, 0.717) is 26.4 Å². The summed E-state index contributed by atoms with van der Waals surface area (Å²) in [4.78, 5) is 17.8. The number of amides is 1. The summed E-state index contributed by atoms with van der Waals surface area (Å²) in [5.74, 6) is -0.179. The molecule has 1 aromatic heterocycles. The van der Waals surface area contributed by atoms with Crippen molar-refractivity contribution in [3.63, 3.8) is 0 Å². The van der Waals surface area contributed by atoms with Gasteiger partial charge in [-0.05, 0) is 40.2 Å². The first-order chi connectivity index (χ1) is 9.00. The number of anilines is 2. The van der Waals surface area contributed by atoms with Crippen LogP contribution in [0.25, 0.3) is 0 Å². The van der Waals surface area contributed by atoms with Crippen LogP contribution in [0.1, 0.15) is 10.4 Å². The molecule has 19 heavy (non-hydrogen) atoms. The van der Waals surface area contributed by atoms with Crippen molar-refractivity contribution in [2.45, 2.75) is 0 Å². The number of hydrogen-bond acceptors (Lipinski definition) is 3. The van der Waals surface area contributed by atoms with Crippen LogP contribution in [0.5, 0.6) is 0 Å². The zero-order valence-corrected chi connectivity index (χ0v) is 12.4. The van der Waals surface area contributed by atoms with Crippen LogP contribution < -0.4 is 10.6 Å². The maximum absolute atomic E-state index is 12.4. The fourth-order valence-electron chi connectivity index (χ4n) is 1.66. The topological polar surface area (TPSA) is 59.2 Å². The van der Waals surface area contributed by atoms with Gasteiger partial charge in [-0.25, -0.2) is 0 Å². The molecule has 1 heterocycles. The van der Waals surface area contributed by atoms with Crippen molar-refractivity contribution in [1.82, 2.24) is 4.98 Å². The van der Waals surface area contributed by atoms with Gasteiger partial charge in [-0.15, -0.1) is 0 Å². The molecule has 1 amide bonds. The highest BCUT2D eigenvalue weighted by Gasteiger charge is 2.18. The molecule has 2 rings (SSSR count). The van der Waals surface area contributed by atoms with Crippen LogP contribution in [0.3, 0.4) is 0 Å². The smallest absolute Gasteiger partial charge is 0.259 e. The molecule has 0 unspecified atom stereocenters. The Labute approximate surface area is 124 Å². The number of benzene rings is 1. The van der Waals surface area contributed by atoms with E-state index in [-0.39, 0.29) is 5.91 Å². The van der Waals surface area contributed by atoms with Crippen LogP contribution >= 0.6 is 27.5 Å². The molecule has 0 spiro atoms. The number of hydrogen-bond donors (Lipinski definition) is 1. The number of nitrogens with two attached hydrogens (primary N) is 1. The summed E-state index contributed by atoms with van der Waals surface area (Å²) < 4.78 is 0.643. The lowest BCUT2D eigenvalue weighted by molar-refractivity contribution is 0.0992. The van der Waals surface area contributed by atoms with E-state index in [9.17, 15) is 4.79 Å². The number of aromatic nitrogens is 1. The van der Waals surface area contributed by atoms with Crippen molar-refractivity contribution in [2.75, 3.05) is 17.7 Å². The van der Waals surface area contributed by atoms with Crippen molar-refractivity contribution >= 4 is 44.8 Å². The number of nitrogens with zero attached hydrogens (tertiary/aromatic N) is 2. The highest BCUT2D eigenvalue weighted by Crippen LogP contribution is 2.26. The largest absolute Gasteiger partial charge is 0.396 e. The molecule has 0 saturated heterocycles. The quantitative estimate of drug-likeness (QED) is 0.912. The Hall–Kier alpha value is -1.59. The van der Waals surface area contributed by atoms with E-state index in [4.69, 9.17) is 17.3 Å². The third-order valence-corrected chi connectivity index (χ3v) is 3.55. The molecular formula is C13H11BrClN3O. The van der Waals surface area contributed by atoms with E-state index in [2.05, 4.69) is 20.9 Å². The molecule has 4 nitrogen and oxygen atoms in total. The third kappa shape index (κ3) is 2.88. The summed E-state index contributed by atoms with van der Waals surface area (Å²) in [6.07, 6.45) is 3.10. The third-order valence-electron chi connectivity index (χ3n) is 2.66. The van der Waals surface area contributed by atoms with Crippen LogP contribution in [0.15, 0.2) is 41.1 Å². The Balaban J connectivity index is 2.37. The highest BCUT2D eigenvalue weighted by atomic mass is 79.9. The van der Waals surface area contributed by atoms with Crippen LogP contribution in [0.2, 0.25) is 5.02 Å². The Kier molecular flexibility index (Phi) is 4.07. The standard InChI is InChI=1S/C13H11BrClN3O/c1-18(12-4-5-17-7-11(12)16)13(19)9-3-2-8(15)6-10(9)14/h2-7H,16H2,1H3. The van der Waals surface area contributed by atoms with Crippen LogP contribution in [-0.2, 0) is 0 Å². The van der Waals surface area contributed by atoms with Gasteiger partial charge in [0.05, 0.1) is 23.1 Å². The molecular weight excluding hydrogens is 330 g/mol. The summed E-state index contributed by atoms with van der Waals surface area (Å²) >= 11 is 9.19. The molecule has 6 heteroatoms. The van der Waals surface area contributed by atoms with Gasteiger partial charge in [-0.1, -0.05) is 11.6 Å². The molecule has 2 N–H and O–H groups in total. The Bertz CT molecular complexity index is 633. The van der Waals surface area contributed by atoms with Crippen LogP contribution in [0.4, 0.5) is 11.4 Å². The second-order valence-corrected chi connectivity index (χ2v) is 5.21. The van der Waals surface area contributed by atoms with Crippen molar-refractivity contribution in [2.24, 2.45) is 0 Å². The minimum Gasteiger partial charge on any atom is -0.396 e. The minimum absolute atomic E-state index is 0.179. The van der Waals surface area contributed by atoms with Crippen molar-refractivity contribution in [1.29, 1.82) is 0 Å². The zero-order chi connectivity index (χ0) is 14.0. The average molecular weight is 341 g/mol. The van der Waals surface area contributed by atoms with Crippen molar-refractivity contribution in [3.05, 3.63) is 51.7 Å². The van der Waals surface area contributed by atoms with Crippen LogP contribution in [0, 0.1) is 0 Å². The molecule has 0 radical (unpaired) electrons. The number of carbonyl (C=O) groups is 1. The predicted molar refractivity (Wildman–Crippen MR) is 80.5 cm³/mol. The summed E-state index contributed by atoms with van der Waals surface area (Å²) in [7, 11) is 1.66. The zero-order valence-electron chi connectivity index (χ0n) is 10.1. The molecule has 0 saturated carbocycles. The molecule has 98 valence electrons. The summed E-state index contributed by atoms with van der Waals surface area (Å²) in [6, 6.07) is 6.71. The second kappa shape index (κ2) is 5.59. The summed E-state index contributed by atoms with van der Waals surface area (Å²) in [6.45, 7) is 0. The first kappa shape index (κ1) is 13.8. The molecule has 0 bridgehead atoms. The Morgan fingerprint density at radius 2 is 2.16 bits per heavy atom. The fourth-order valence-corrected chi connectivity index (χ4v) is 2.51. The average Bonchev–Trinajstić information content (AvgIpc) is 2.38. The number of rotatable bonds is 2. The van der Waals surface area contributed by atoms with E-state index in [0.717, 1.165) is 0 Å². The van der Waals surface area contributed by atoms with E-state index in [1.54, 1.807) is 37.5 Å². The first-order valence-corrected chi connectivity index (χ1v) is 6.60. The van der Waals surface area contributed by atoms with E-state index in [1.807, 2.05) is 0 Å². The van der Waals surface area contributed by atoms with Gasteiger partial charge in [0.25, 0.3) is 5.91 Å². The number of pyridine rings is 1. The Morgan fingerprint density at radius 1 is 1.42 bits per heavy atom. The molecule has 2 aromatic rings. The molecule has 0 atom stereocenters. The number of nitrogen functional groups attached to an aromatic ring is 1. The Morgan fingerprint density at radius 3 is 2.79 bits per heavy atom. The van der Waals surface area contributed by atoms with Crippen LogP contribution in [-0.4, -0.2) is 17.9 Å². The van der Waals surface area contributed by atoms with Gasteiger partial charge in [0.2, 0.25) is 0 Å². The van der Waals surface area contributed by atoms with E-state index < -0.39 is 0 Å². The van der Waals surface area contributed by atoms with Gasteiger partial charge in [-0.2, -0.15) is 0 Å². The molecule has 0 aliphatic heterocycles.